The number of rotatable bonds is 6. The average molecular weight is 437 g/mol. The lowest BCUT2D eigenvalue weighted by Gasteiger charge is -2.23. The first-order valence-electron chi connectivity index (χ1n) is 10.2. The normalized spacial score (nSPS) is 14.2. The highest BCUT2D eigenvalue weighted by Crippen LogP contribution is 2.44. The summed E-state index contributed by atoms with van der Waals surface area (Å²) in [6, 6.07) is 17.3. The van der Waals surface area contributed by atoms with Crippen molar-refractivity contribution >= 4 is 12.1 Å². The summed E-state index contributed by atoms with van der Waals surface area (Å²) in [5, 5.41) is 11.8. The monoisotopic (exact) mass is 437 g/mol. The smallest absolute Gasteiger partial charge is 0.407 e. The van der Waals surface area contributed by atoms with Crippen molar-refractivity contribution in [1.82, 2.24) is 5.32 Å². The van der Waals surface area contributed by atoms with Crippen LogP contribution in [-0.4, -0.2) is 29.8 Å². The van der Waals surface area contributed by atoms with Gasteiger partial charge >= 0.3 is 12.1 Å². The van der Waals surface area contributed by atoms with Crippen molar-refractivity contribution in [2.75, 3.05) is 6.61 Å². The Labute approximate surface area is 183 Å². The first-order valence-corrected chi connectivity index (χ1v) is 10.2. The quantitative estimate of drug-likeness (QED) is 0.565. The number of hydrogen-bond donors (Lipinski definition) is 2. The highest BCUT2D eigenvalue weighted by molar-refractivity contribution is 5.82. The Morgan fingerprint density at radius 2 is 1.47 bits per heavy atom. The number of hydrogen-bond acceptors (Lipinski definition) is 3. The van der Waals surface area contributed by atoms with Gasteiger partial charge in [-0.25, -0.2) is 18.4 Å². The number of halogens is 2. The summed E-state index contributed by atoms with van der Waals surface area (Å²) < 4.78 is 33.6. The second-order valence-corrected chi connectivity index (χ2v) is 7.71. The zero-order chi connectivity index (χ0) is 22.8. The van der Waals surface area contributed by atoms with Gasteiger partial charge in [0.2, 0.25) is 0 Å². The lowest BCUT2D eigenvalue weighted by molar-refractivity contribution is -0.139. The molecule has 0 heterocycles. The van der Waals surface area contributed by atoms with Crippen LogP contribution < -0.4 is 5.32 Å². The number of carbonyl (C=O) groups excluding carboxylic acids is 1. The minimum Gasteiger partial charge on any atom is -0.480 e. The molecule has 0 aromatic heterocycles. The van der Waals surface area contributed by atoms with Crippen molar-refractivity contribution in [3.63, 3.8) is 0 Å². The number of fused-ring (bicyclic) bond motifs is 3. The van der Waals surface area contributed by atoms with E-state index in [1.807, 2.05) is 48.5 Å². The zero-order valence-electron chi connectivity index (χ0n) is 17.2. The molecule has 1 amide bonds. The molecule has 7 heteroatoms. The Morgan fingerprint density at radius 3 is 2.00 bits per heavy atom. The van der Waals surface area contributed by atoms with E-state index in [1.54, 1.807) is 0 Å². The van der Waals surface area contributed by atoms with E-state index in [4.69, 9.17) is 4.74 Å². The van der Waals surface area contributed by atoms with E-state index in [-0.39, 0.29) is 12.5 Å². The molecular formula is C25H21F2NO4. The van der Waals surface area contributed by atoms with Crippen LogP contribution in [0.2, 0.25) is 0 Å². The highest BCUT2D eigenvalue weighted by atomic mass is 19.1. The van der Waals surface area contributed by atoms with Gasteiger partial charge < -0.3 is 15.2 Å². The van der Waals surface area contributed by atoms with E-state index in [0.29, 0.717) is 0 Å². The van der Waals surface area contributed by atoms with Crippen LogP contribution >= 0.6 is 0 Å². The van der Waals surface area contributed by atoms with Crippen molar-refractivity contribution in [3.05, 3.63) is 95.1 Å². The van der Waals surface area contributed by atoms with Crippen LogP contribution in [0, 0.1) is 11.6 Å². The number of carboxylic acids is 1. The fraction of sp³-hybridized carbons (Fsp3) is 0.200. The Morgan fingerprint density at radius 1 is 0.938 bits per heavy atom. The van der Waals surface area contributed by atoms with Crippen molar-refractivity contribution in [1.29, 1.82) is 0 Å². The highest BCUT2D eigenvalue weighted by Gasteiger charge is 2.33. The number of aliphatic carboxylic acids is 1. The molecule has 0 radical (unpaired) electrons. The maximum atomic E-state index is 14.1. The molecule has 2 atom stereocenters. The molecule has 1 aliphatic rings. The topological polar surface area (TPSA) is 75.6 Å². The van der Waals surface area contributed by atoms with Crippen LogP contribution in [0.3, 0.4) is 0 Å². The van der Waals surface area contributed by atoms with Gasteiger partial charge in [0.25, 0.3) is 0 Å². The average Bonchev–Trinajstić information content (AvgIpc) is 3.09. The molecule has 3 aromatic carbocycles. The maximum absolute atomic E-state index is 14.1. The third-order valence-corrected chi connectivity index (χ3v) is 5.84. The second kappa shape index (κ2) is 8.78. The summed E-state index contributed by atoms with van der Waals surface area (Å²) in [6.45, 7) is 1.33. The van der Waals surface area contributed by atoms with Crippen molar-refractivity contribution in [2.24, 2.45) is 0 Å². The van der Waals surface area contributed by atoms with E-state index in [0.717, 1.165) is 34.4 Å². The molecule has 0 saturated carbocycles. The van der Waals surface area contributed by atoms with E-state index >= 15 is 0 Å². The van der Waals surface area contributed by atoms with Gasteiger partial charge in [-0.15, -0.1) is 0 Å². The molecule has 0 bridgehead atoms. The maximum Gasteiger partial charge on any atom is 0.407 e. The third-order valence-electron chi connectivity index (χ3n) is 5.84. The van der Waals surface area contributed by atoms with E-state index < -0.39 is 41.2 Å². The fourth-order valence-electron chi connectivity index (χ4n) is 4.28. The molecule has 164 valence electrons. The van der Waals surface area contributed by atoms with Crippen LogP contribution in [0.25, 0.3) is 11.1 Å². The predicted octanol–water partition coefficient (Wildman–Crippen LogP) is 5.06. The van der Waals surface area contributed by atoms with E-state index in [1.165, 1.54) is 13.0 Å². The molecule has 1 aliphatic carbocycles. The molecule has 0 unspecified atom stereocenters. The minimum absolute atomic E-state index is 0.00532. The molecule has 3 aromatic rings. The standard InChI is InChI=1S/C25H21F2NO4/c1-14(22-20(26)11-6-12-21(22)27)23(24(29)30)28-25(31)32-13-19-17-9-4-2-7-15(17)16-8-3-5-10-18(16)19/h2-12,14,19,23H,13H2,1H3,(H,28,31)(H,29,30)/t14-,23+/m0/s1. The molecule has 0 saturated heterocycles. The summed E-state index contributed by atoms with van der Waals surface area (Å²) in [7, 11) is 0. The zero-order valence-corrected chi connectivity index (χ0v) is 17.2. The number of benzene rings is 3. The summed E-state index contributed by atoms with van der Waals surface area (Å²) in [5.74, 6) is -4.53. The van der Waals surface area contributed by atoms with Gasteiger partial charge in [0.1, 0.15) is 24.3 Å². The molecule has 4 rings (SSSR count). The molecule has 2 N–H and O–H groups in total. The van der Waals surface area contributed by atoms with Crippen molar-refractivity contribution in [3.8, 4) is 11.1 Å². The molecule has 5 nitrogen and oxygen atoms in total. The van der Waals surface area contributed by atoms with Crippen LogP contribution in [0.5, 0.6) is 0 Å². The molecule has 32 heavy (non-hydrogen) atoms. The fourth-order valence-corrected chi connectivity index (χ4v) is 4.28. The van der Waals surface area contributed by atoms with E-state index in [9.17, 15) is 23.5 Å². The lowest BCUT2D eigenvalue weighted by Crippen LogP contribution is -2.45. The second-order valence-electron chi connectivity index (χ2n) is 7.71. The van der Waals surface area contributed by atoms with Gasteiger partial charge in [-0.1, -0.05) is 61.5 Å². The number of amides is 1. The van der Waals surface area contributed by atoms with Crippen LogP contribution in [0.4, 0.5) is 13.6 Å². The van der Waals surface area contributed by atoms with Gasteiger partial charge in [-0.2, -0.15) is 0 Å². The largest absolute Gasteiger partial charge is 0.480 e. The molecule has 0 fully saturated rings. The molecule has 0 spiro atoms. The minimum atomic E-state index is -1.57. The lowest BCUT2D eigenvalue weighted by atomic mass is 9.92. The van der Waals surface area contributed by atoms with Gasteiger partial charge in [0.15, 0.2) is 0 Å². The van der Waals surface area contributed by atoms with Crippen LogP contribution in [0.1, 0.15) is 35.4 Å². The van der Waals surface area contributed by atoms with Gasteiger partial charge in [0.05, 0.1) is 0 Å². The first-order chi connectivity index (χ1) is 15.4. The molecule has 0 aliphatic heterocycles. The third kappa shape index (κ3) is 3.93. The SMILES string of the molecule is C[C@@H](c1c(F)cccc1F)[C@@H](NC(=O)OCC1c2ccccc2-c2ccccc21)C(=O)O. The Balaban J connectivity index is 1.49. The number of alkyl carbamates (subject to hydrolysis) is 1. The number of ether oxygens (including phenoxy) is 1. The summed E-state index contributed by atoms with van der Waals surface area (Å²) >= 11 is 0. The Bertz CT molecular complexity index is 1110. The van der Waals surface area contributed by atoms with Gasteiger partial charge in [0, 0.05) is 17.4 Å². The van der Waals surface area contributed by atoms with Crippen molar-refractivity contribution in [2.45, 2.75) is 24.8 Å². The summed E-state index contributed by atoms with van der Waals surface area (Å²) in [6.07, 6.45) is -0.970. The van der Waals surface area contributed by atoms with Gasteiger partial charge in [-0.05, 0) is 34.4 Å². The first kappa shape index (κ1) is 21.5. The van der Waals surface area contributed by atoms with Crippen molar-refractivity contribution < 1.29 is 28.2 Å². The molecular weight excluding hydrogens is 416 g/mol. The summed E-state index contributed by atoms with van der Waals surface area (Å²) in [5.41, 5.74) is 3.74. The Kier molecular flexibility index (Phi) is 5.90. The number of nitrogens with one attached hydrogen (secondary N) is 1. The predicted molar refractivity (Wildman–Crippen MR) is 114 cm³/mol. The Hall–Kier alpha value is -3.74. The van der Waals surface area contributed by atoms with Crippen LogP contribution in [0.15, 0.2) is 66.7 Å². The number of carbonyl (C=O) groups is 2. The number of carboxylic acid groups (broad SMARTS) is 1. The summed E-state index contributed by atoms with van der Waals surface area (Å²) in [4.78, 5) is 24.2. The van der Waals surface area contributed by atoms with Crippen LogP contribution in [-0.2, 0) is 9.53 Å². The van der Waals surface area contributed by atoms with E-state index in [2.05, 4.69) is 5.32 Å². The van der Waals surface area contributed by atoms with Gasteiger partial charge in [-0.3, -0.25) is 0 Å².